The third-order valence-corrected chi connectivity index (χ3v) is 3.08. The third-order valence-electron chi connectivity index (χ3n) is 3.08. The zero-order valence-electron chi connectivity index (χ0n) is 10.7. The van der Waals surface area contributed by atoms with Crippen molar-refractivity contribution < 1.29 is 23.1 Å². The predicted molar refractivity (Wildman–Crippen MR) is 61.7 cm³/mol. The Morgan fingerprint density at radius 3 is 2.70 bits per heavy atom. The lowest BCUT2D eigenvalue weighted by Crippen LogP contribution is -2.35. The lowest BCUT2D eigenvalue weighted by atomic mass is 10.2. The standard InChI is InChI=1S/C11H13F3N4O2/c1-7(9(19)20)2-3-17-4-5-18-8(6-17)15-16-10(18)11(12,13)14/h2H,3-6H2,1H3,(H,19,20). The molecule has 110 valence electrons. The summed E-state index contributed by atoms with van der Waals surface area (Å²) in [5.74, 6) is -1.75. The number of aromatic nitrogens is 3. The minimum absolute atomic E-state index is 0.136. The number of nitrogens with zero attached hydrogens (tertiary/aromatic N) is 4. The van der Waals surface area contributed by atoms with Gasteiger partial charge in [-0.2, -0.15) is 13.2 Å². The minimum Gasteiger partial charge on any atom is -0.478 e. The van der Waals surface area contributed by atoms with Gasteiger partial charge in [0.1, 0.15) is 5.82 Å². The number of aliphatic carboxylic acids is 1. The molecule has 0 saturated carbocycles. The van der Waals surface area contributed by atoms with Gasteiger partial charge in [0.2, 0.25) is 5.82 Å². The monoisotopic (exact) mass is 290 g/mol. The summed E-state index contributed by atoms with van der Waals surface area (Å²) in [4.78, 5) is 12.5. The summed E-state index contributed by atoms with van der Waals surface area (Å²) in [5.41, 5.74) is 0.202. The van der Waals surface area contributed by atoms with E-state index in [4.69, 9.17) is 5.11 Å². The highest BCUT2D eigenvalue weighted by atomic mass is 19.4. The van der Waals surface area contributed by atoms with E-state index in [9.17, 15) is 18.0 Å². The van der Waals surface area contributed by atoms with Crippen molar-refractivity contribution in [3.8, 4) is 0 Å². The fourth-order valence-corrected chi connectivity index (χ4v) is 1.93. The van der Waals surface area contributed by atoms with E-state index in [-0.39, 0.29) is 24.5 Å². The van der Waals surface area contributed by atoms with Gasteiger partial charge in [-0.05, 0) is 6.92 Å². The lowest BCUT2D eigenvalue weighted by Gasteiger charge is -2.26. The van der Waals surface area contributed by atoms with Crippen molar-refractivity contribution in [3.63, 3.8) is 0 Å². The molecule has 0 aromatic carbocycles. The average molecular weight is 290 g/mol. The Bertz CT molecular complexity index is 550. The fourth-order valence-electron chi connectivity index (χ4n) is 1.93. The number of carboxylic acid groups (broad SMARTS) is 1. The Hall–Kier alpha value is -1.90. The second-order valence-electron chi connectivity index (χ2n) is 4.52. The molecule has 1 aliphatic heterocycles. The summed E-state index contributed by atoms with van der Waals surface area (Å²) in [7, 11) is 0. The zero-order valence-corrected chi connectivity index (χ0v) is 10.7. The zero-order chi connectivity index (χ0) is 14.9. The van der Waals surface area contributed by atoms with Gasteiger partial charge in [0.25, 0.3) is 0 Å². The van der Waals surface area contributed by atoms with Crippen molar-refractivity contribution in [1.29, 1.82) is 0 Å². The summed E-state index contributed by atoms with van der Waals surface area (Å²) < 4.78 is 39.0. The maximum absolute atomic E-state index is 12.6. The van der Waals surface area contributed by atoms with Gasteiger partial charge in [0, 0.05) is 25.2 Å². The average Bonchev–Trinajstić information content (AvgIpc) is 2.78. The molecule has 9 heteroatoms. The van der Waals surface area contributed by atoms with Crippen molar-refractivity contribution in [1.82, 2.24) is 19.7 Å². The normalized spacial score (nSPS) is 17.1. The molecule has 0 radical (unpaired) electrons. The van der Waals surface area contributed by atoms with Gasteiger partial charge in [0.15, 0.2) is 0 Å². The van der Waals surface area contributed by atoms with Gasteiger partial charge in [-0.1, -0.05) is 6.08 Å². The van der Waals surface area contributed by atoms with E-state index in [1.54, 1.807) is 0 Å². The van der Waals surface area contributed by atoms with Crippen molar-refractivity contribution in [2.24, 2.45) is 0 Å². The van der Waals surface area contributed by atoms with E-state index >= 15 is 0 Å². The van der Waals surface area contributed by atoms with Crippen LogP contribution in [-0.4, -0.2) is 43.8 Å². The number of carboxylic acids is 1. The lowest BCUT2D eigenvalue weighted by molar-refractivity contribution is -0.148. The summed E-state index contributed by atoms with van der Waals surface area (Å²) in [6.07, 6.45) is -2.98. The Kier molecular flexibility index (Phi) is 3.80. The van der Waals surface area contributed by atoms with E-state index in [0.29, 0.717) is 13.1 Å². The van der Waals surface area contributed by atoms with Gasteiger partial charge in [-0.3, -0.25) is 4.90 Å². The van der Waals surface area contributed by atoms with Crippen LogP contribution in [0.3, 0.4) is 0 Å². The van der Waals surface area contributed by atoms with Crippen LogP contribution >= 0.6 is 0 Å². The highest BCUT2D eigenvalue weighted by molar-refractivity contribution is 5.85. The number of hydrogen-bond acceptors (Lipinski definition) is 4. The van der Waals surface area contributed by atoms with E-state index in [1.807, 2.05) is 4.90 Å². The van der Waals surface area contributed by atoms with E-state index < -0.39 is 18.0 Å². The van der Waals surface area contributed by atoms with E-state index in [1.165, 1.54) is 13.0 Å². The molecule has 1 aliphatic rings. The molecule has 2 rings (SSSR count). The van der Waals surface area contributed by atoms with E-state index in [0.717, 1.165) is 4.57 Å². The van der Waals surface area contributed by atoms with Gasteiger partial charge >= 0.3 is 12.1 Å². The second-order valence-corrected chi connectivity index (χ2v) is 4.52. The molecule has 0 fully saturated rings. The molecule has 0 amide bonds. The SMILES string of the molecule is CC(=CCN1CCn2c(nnc2C(F)(F)F)C1)C(=O)O. The van der Waals surface area contributed by atoms with Crippen molar-refractivity contribution in [2.75, 3.05) is 13.1 Å². The van der Waals surface area contributed by atoms with Crippen LogP contribution < -0.4 is 0 Å². The molecule has 0 spiro atoms. The maximum atomic E-state index is 12.6. The highest BCUT2D eigenvalue weighted by Gasteiger charge is 2.39. The molecule has 20 heavy (non-hydrogen) atoms. The van der Waals surface area contributed by atoms with Crippen molar-refractivity contribution >= 4 is 5.97 Å². The topological polar surface area (TPSA) is 71.2 Å². The van der Waals surface area contributed by atoms with Crippen LogP contribution in [0, 0.1) is 0 Å². The molecule has 0 unspecified atom stereocenters. The smallest absolute Gasteiger partial charge is 0.451 e. The number of alkyl halides is 3. The Morgan fingerprint density at radius 2 is 2.10 bits per heavy atom. The molecule has 0 aliphatic carbocycles. The highest BCUT2D eigenvalue weighted by Crippen LogP contribution is 2.29. The van der Waals surface area contributed by atoms with Crippen LogP contribution in [0.4, 0.5) is 13.2 Å². The summed E-state index contributed by atoms with van der Waals surface area (Å²) in [6, 6.07) is 0. The maximum Gasteiger partial charge on any atom is 0.451 e. The third kappa shape index (κ3) is 2.98. The molecule has 1 aromatic heterocycles. The molecular formula is C11H13F3N4O2. The van der Waals surface area contributed by atoms with Gasteiger partial charge in [-0.25, -0.2) is 4.79 Å². The van der Waals surface area contributed by atoms with Crippen LogP contribution in [-0.2, 0) is 24.1 Å². The molecule has 1 N–H and O–H groups in total. The molecule has 1 aromatic rings. The molecular weight excluding hydrogens is 277 g/mol. The number of hydrogen-bond donors (Lipinski definition) is 1. The fraction of sp³-hybridized carbons (Fsp3) is 0.545. The van der Waals surface area contributed by atoms with Gasteiger partial charge in [-0.15, -0.1) is 10.2 Å². The molecule has 6 nitrogen and oxygen atoms in total. The quantitative estimate of drug-likeness (QED) is 0.845. The molecule has 0 atom stereocenters. The minimum atomic E-state index is -4.51. The van der Waals surface area contributed by atoms with Crippen LogP contribution in [0.15, 0.2) is 11.6 Å². The predicted octanol–water partition coefficient (Wildman–Crippen LogP) is 1.14. The first kappa shape index (κ1) is 14.5. The summed E-state index contributed by atoms with van der Waals surface area (Å²) >= 11 is 0. The first-order valence-corrected chi connectivity index (χ1v) is 5.90. The van der Waals surface area contributed by atoms with Gasteiger partial charge in [0.05, 0.1) is 6.54 Å². The largest absolute Gasteiger partial charge is 0.478 e. The van der Waals surface area contributed by atoms with Crippen LogP contribution in [0.5, 0.6) is 0 Å². The summed E-state index contributed by atoms with van der Waals surface area (Å²) in [5, 5.41) is 15.5. The second kappa shape index (κ2) is 5.23. The molecule has 2 heterocycles. The van der Waals surface area contributed by atoms with E-state index in [2.05, 4.69) is 10.2 Å². The first-order valence-electron chi connectivity index (χ1n) is 5.90. The number of rotatable bonds is 3. The van der Waals surface area contributed by atoms with Gasteiger partial charge < -0.3 is 9.67 Å². The number of halogens is 3. The van der Waals surface area contributed by atoms with Crippen molar-refractivity contribution in [2.45, 2.75) is 26.2 Å². The molecule has 0 saturated heterocycles. The van der Waals surface area contributed by atoms with Crippen LogP contribution in [0.1, 0.15) is 18.6 Å². The van der Waals surface area contributed by atoms with Crippen molar-refractivity contribution in [3.05, 3.63) is 23.3 Å². The molecule has 0 bridgehead atoms. The van der Waals surface area contributed by atoms with Crippen LogP contribution in [0.2, 0.25) is 0 Å². The Morgan fingerprint density at radius 1 is 1.40 bits per heavy atom. The Labute approximate surface area is 112 Å². The summed E-state index contributed by atoms with van der Waals surface area (Å²) in [6.45, 7) is 2.56. The first-order chi connectivity index (χ1) is 9.29. The Balaban J connectivity index is 2.08. The number of carbonyl (C=O) groups is 1. The van der Waals surface area contributed by atoms with Crippen LogP contribution in [0.25, 0.3) is 0 Å². The number of fused-ring (bicyclic) bond motifs is 1.